The molecule has 0 saturated carbocycles. The fourth-order valence-corrected chi connectivity index (χ4v) is 2.13. The molecule has 114 valence electrons. The average molecular weight is 302 g/mol. The number of hydrogen-bond acceptors (Lipinski definition) is 3. The Morgan fingerprint density at radius 2 is 2.05 bits per heavy atom. The lowest BCUT2D eigenvalue weighted by molar-refractivity contribution is -0.140. The molecule has 1 aromatic carbocycles. The zero-order chi connectivity index (χ0) is 15.6. The van der Waals surface area contributed by atoms with Crippen LogP contribution in [-0.4, -0.2) is 21.5 Å². The Balaban J connectivity index is 2.54. The number of benzene rings is 1. The molecule has 1 N–H and O–H groups in total. The van der Waals surface area contributed by atoms with Gasteiger partial charge in [-0.15, -0.1) is 5.10 Å². The minimum absolute atomic E-state index is 0.0860. The van der Waals surface area contributed by atoms with Crippen LogP contribution >= 0.6 is 0 Å². The van der Waals surface area contributed by atoms with Crippen LogP contribution in [0.1, 0.15) is 29.8 Å². The predicted molar refractivity (Wildman–Crippen MR) is 67.9 cm³/mol. The first-order chi connectivity index (χ1) is 9.86. The van der Waals surface area contributed by atoms with E-state index >= 15 is 0 Å². The SMILES string of the molecule is CCNC(c1cccc(C(F)(F)F)c1F)c1cnnn1C. The molecule has 2 rings (SSSR count). The lowest BCUT2D eigenvalue weighted by atomic mass is 10.00. The Labute approximate surface area is 118 Å². The quantitative estimate of drug-likeness (QED) is 0.883. The van der Waals surface area contributed by atoms with Crippen molar-refractivity contribution in [1.82, 2.24) is 20.3 Å². The van der Waals surface area contributed by atoms with E-state index < -0.39 is 23.6 Å². The van der Waals surface area contributed by atoms with Gasteiger partial charge in [-0.2, -0.15) is 13.2 Å². The van der Waals surface area contributed by atoms with Crippen LogP contribution in [0.25, 0.3) is 0 Å². The van der Waals surface area contributed by atoms with Crippen LogP contribution in [-0.2, 0) is 13.2 Å². The summed E-state index contributed by atoms with van der Waals surface area (Å²) in [6, 6.07) is 2.49. The van der Waals surface area contributed by atoms with Gasteiger partial charge in [0.25, 0.3) is 0 Å². The van der Waals surface area contributed by atoms with Gasteiger partial charge in [0.05, 0.1) is 23.5 Å². The van der Waals surface area contributed by atoms with Crippen molar-refractivity contribution in [2.75, 3.05) is 6.54 Å². The molecule has 1 aromatic heterocycles. The summed E-state index contributed by atoms with van der Waals surface area (Å²) in [6.45, 7) is 2.23. The summed E-state index contributed by atoms with van der Waals surface area (Å²) >= 11 is 0. The number of nitrogens with zero attached hydrogens (tertiary/aromatic N) is 3. The van der Waals surface area contributed by atoms with E-state index in [9.17, 15) is 17.6 Å². The largest absolute Gasteiger partial charge is 0.419 e. The van der Waals surface area contributed by atoms with Crippen molar-refractivity contribution in [3.63, 3.8) is 0 Å². The van der Waals surface area contributed by atoms with Crippen LogP contribution in [0, 0.1) is 5.82 Å². The second-order valence-electron chi connectivity index (χ2n) is 4.48. The van der Waals surface area contributed by atoms with Crippen LogP contribution in [0.3, 0.4) is 0 Å². The van der Waals surface area contributed by atoms with Crippen LogP contribution in [0.15, 0.2) is 24.4 Å². The molecule has 21 heavy (non-hydrogen) atoms. The van der Waals surface area contributed by atoms with Crippen LogP contribution < -0.4 is 5.32 Å². The van der Waals surface area contributed by atoms with E-state index in [4.69, 9.17) is 0 Å². The highest BCUT2D eigenvalue weighted by molar-refractivity contribution is 5.34. The van der Waals surface area contributed by atoms with E-state index in [0.29, 0.717) is 12.2 Å². The molecule has 1 atom stereocenters. The fourth-order valence-electron chi connectivity index (χ4n) is 2.13. The standard InChI is InChI=1S/C13H14F4N4/c1-3-18-12(10-7-19-20-21(10)2)8-5-4-6-9(11(8)14)13(15,16)17/h4-7,12,18H,3H2,1-2H3. The third-order valence-electron chi connectivity index (χ3n) is 3.10. The number of aryl methyl sites for hydroxylation is 1. The number of aromatic nitrogens is 3. The van der Waals surface area contributed by atoms with Gasteiger partial charge in [0, 0.05) is 12.6 Å². The van der Waals surface area contributed by atoms with Crippen molar-refractivity contribution < 1.29 is 17.6 Å². The van der Waals surface area contributed by atoms with E-state index in [1.54, 1.807) is 14.0 Å². The lowest BCUT2D eigenvalue weighted by Gasteiger charge is -2.20. The Bertz CT molecular complexity index is 621. The van der Waals surface area contributed by atoms with Crippen molar-refractivity contribution in [2.24, 2.45) is 7.05 Å². The number of hydrogen-bond donors (Lipinski definition) is 1. The average Bonchev–Trinajstić information content (AvgIpc) is 2.81. The molecule has 0 aliphatic carbocycles. The van der Waals surface area contributed by atoms with Crippen LogP contribution in [0.5, 0.6) is 0 Å². The zero-order valence-corrected chi connectivity index (χ0v) is 11.4. The third-order valence-corrected chi connectivity index (χ3v) is 3.10. The summed E-state index contributed by atoms with van der Waals surface area (Å²) in [6.07, 6.45) is -3.34. The number of halogens is 4. The van der Waals surface area contributed by atoms with E-state index in [1.165, 1.54) is 23.0 Å². The molecule has 0 aliphatic rings. The van der Waals surface area contributed by atoms with Gasteiger partial charge in [-0.25, -0.2) is 4.39 Å². The summed E-state index contributed by atoms with van der Waals surface area (Å²) < 4.78 is 54.1. The molecule has 0 aliphatic heterocycles. The molecule has 2 aromatic rings. The first-order valence-electron chi connectivity index (χ1n) is 6.29. The van der Waals surface area contributed by atoms with Gasteiger partial charge in [0.2, 0.25) is 0 Å². The minimum atomic E-state index is -4.73. The monoisotopic (exact) mass is 302 g/mol. The van der Waals surface area contributed by atoms with Crippen molar-refractivity contribution >= 4 is 0 Å². The molecular weight excluding hydrogens is 288 g/mol. The third kappa shape index (κ3) is 3.05. The van der Waals surface area contributed by atoms with Crippen LogP contribution in [0.4, 0.5) is 17.6 Å². The second kappa shape index (κ2) is 5.80. The van der Waals surface area contributed by atoms with E-state index in [1.807, 2.05) is 0 Å². The first kappa shape index (κ1) is 15.4. The van der Waals surface area contributed by atoms with E-state index in [-0.39, 0.29) is 5.56 Å². The normalized spacial score (nSPS) is 13.4. The first-order valence-corrected chi connectivity index (χ1v) is 6.29. The number of nitrogens with one attached hydrogen (secondary N) is 1. The van der Waals surface area contributed by atoms with Crippen molar-refractivity contribution in [3.8, 4) is 0 Å². The molecule has 0 amide bonds. The summed E-state index contributed by atoms with van der Waals surface area (Å²) in [4.78, 5) is 0. The highest BCUT2D eigenvalue weighted by Gasteiger charge is 2.36. The van der Waals surface area contributed by atoms with Crippen molar-refractivity contribution in [3.05, 3.63) is 47.0 Å². The lowest BCUT2D eigenvalue weighted by Crippen LogP contribution is -2.26. The van der Waals surface area contributed by atoms with E-state index in [0.717, 1.165) is 6.07 Å². The summed E-state index contributed by atoms with van der Waals surface area (Å²) in [5.41, 5.74) is -0.884. The molecule has 0 radical (unpaired) electrons. The molecule has 1 heterocycles. The van der Waals surface area contributed by atoms with Crippen molar-refractivity contribution in [1.29, 1.82) is 0 Å². The van der Waals surface area contributed by atoms with Gasteiger partial charge in [0.15, 0.2) is 0 Å². The molecule has 4 nitrogen and oxygen atoms in total. The highest BCUT2D eigenvalue weighted by Crippen LogP contribution is 2.35. The smallest absolute Gasteiger partial charge is 0.305 e. The molecule has 8 heteroatoms. The maximum absolute atomic E-state index is 14.3. The summed E-state index contributed by atoms with van der Waals surface area (Å²) in [5, 5.41) is 10.4. The summed E-state index contributed by atoms with van der Waals surface area (Å²) in [7, 11) is 1.60. The van der Waals surface area contributed by atoms with Crippen molar-refractivity contribution in [2.45, 2.75) is 19.1 Å². The Hall–Kier alpha value is -1.96. The number of alkyl halides is 3. The van der Waals surface area contributed by atoms with Gasteiger partial charge in [-0.1, -0.05) is 24.3 Å². The second-order valence-corrected chi connectivity index (χ2v) is 4.48. The van der Waals surface area contributed by atoms with Gasteiger partial charge >= 0.3 is 6.18 Å². The summed E-state index contributed by atoms with van der Waals surface area (Å²) in [5.74, 6) is -1.28. The molecule has 0 saturated heterocycles. The maximum atomic E-state index is 14.3. The molecule has 0 fully saturated rings. The number of rotatable bonds is 4. The van der Waals surface area contributed by atoms with Gasteiger partial charge in [-0.05, 0) is 12.6 Å². The predicted octanol–water partition coefficient (Wildman–Crippen LogP) is 2.67. The van der Waals surface area contributed by atoms with Crippen LogP contribution in [0.2, 0.25) is 0 Å². The Morgan fingerprint density at radius 3 is 2.57 bits per heavy atom. The minimum Gasteiger partial charge on any atom is -0.305 e. The maximum Gasteiger partial charge on any atom is 0.419 e. The van der Waals surface area contributed by atoms with Gasteiger partial charge in [-0.3, -0.25) is 4.68 Å². The molecular formula is C13H14F4N4. The topological polar surface area (TPSA) is 42.7 Å². The Morgan fingerprint density at radius 1 is 1.33 bits per heavy atom. The Kier molecular flexibility index (Phi) is 4.26. The van der Waals surface area contributed by atoms with Gasteiger partial charge < -0.3 is 5.32 Å². The zero-order valence-electron chi connectivity index (χ0n) is 11.4. The molecule has 0 bridgehead atoms. The highest BCUT2D eigenvalue weighted by atomic mass is 19.4. The van der Waals surface area contributed by atoms with Gasteiger partial charge in [0.1, 0.15) is 5.82 Å². The van der Waals surface area contributed by atoms with E-state index in [2.05, 4.69) is 15.6 Å². The molecule has 0 spiro atoms. The molecule has 1 unspecified atom stereocenters. The fraction of sp³-hybridized carbons (Fsp3) is 0.385.